The highest BCUT2D eigenvalue weighted by Gasteiger charge is 2.16. The lowest BCUT2D eigenvalue weighted by Crippen LogP contribution is -2.05. The van der Waals surface area contributed by atoms with Gasteiger partial charge in [0.1, 0.15) is 11.5 Å². The van der Waals surface area contributed by atoms with E-state index in [1.54, 1.807) is 54.7 Å². The third-order valence-corrected chi connectivity index (χ3v) is 5.03. The lowest BCUT2D eigenvalue weighted by atomic mass is 10.2. The molecule has 0 spiro atoms. The third kappa shape index (κ3) is 4.65. The fourth-order valence-corrected chi connectivity index (χ4v) is 3.48. The maximum atomic E-state index is 8.85. The Hall–Kier alpha value is -3.57. The van der Waals surface area contributed by atoms with Crippen LogP contribution in [0, 0.1) is 11.3 Å². The van der Waals surface area contributed by atoms with Gasteiger partial charge in [0.05, 0.1) is 31.0 Å². The molecule has 29 heavy (non-hydrogen) atoms. The van der Waals surface area contributed by atoms with Gasteiger partial charge in [0, 0.05) is 23.7 Å². The van der Waals surface area contributed by atoms with Gasteiger partial charge in [-0.3, -0.25) is 9.55 Å². The topological polar surface area (TPSA) is 89.8 Å². The molecule has 144 valence electrons. The van der Waals surface area contributed by atoms with E-state index < -0.39 is 0 Å². The molecule has 0 atom stereocenters. The van der Waals surface area contributed by atoms with Gasteiger partial charge in [-0.15, -0.1) is 10.2 Å². The van der Waals surface area contributed by atoms with Gasteiger partial charge in [0.25, 0.3) is 0 Å². The lowest BCUT2D eigenvalue weighted by Gasteiger charge is -2.09. The normalized spacial score (nSPS) is 10.6. The van der Waals surface area contributed by atoms with Crippen molar-refractivity contribution in [3.63, 3.8) is 0 Å². The number of hydrogen-bond acceptors (Lipinski definition) is 7. The number of nitrogens with zero attached hydrogens (tertiary/aromatic N) is 5. The van der Waals surface area contributed by atoms with Gasteiger partial charge in [-0.2, -0.15) is 5.26 Å². The highest BCUT2D eigenvalue weighted by Crippen LogP contribution is 2.25. The van der Waals surface area contributed by atoms with E-state index in [-0.39, 0.29) is 0 Å². The number of aromatic nitrogens is 4. The van der Waals surface area contributed by atoms with E-state index in [0.717, 1.165) is 28.1 Å². The van der Waals surface area contributed by atoms with Crippen LogP contribution in [0.25, 0.3) is 11.4 Å². The van der Waals surface area contributed by atoms with Crippen molar-refractivity contribution < 1.29 is 9.15 Å². The summed E-state index contributed by atoms with van der Waals surface area (Å²) in [5.41, 5.74) is 1.51. The maximum absolute atomic E-state index is 8.85. The molecule has 3 heterocycles. The second kappa shape index (κ2) is 9.08. The summed E-state index contributed by atoms with van der Waals surface area (Å²) in [7, 11) is 0. The molecule has 0 saturated carbocycles. The summed E-state index contributed by atoms with van der Waals surface area (Å²) in [6, 6.07) is 16.8. The van der Waals surface area contributed by atoms with Crippen molar-refractivity contribution in [1.82, 2.24) is 19.7 Å². The van der Waals surface area contributed by atoms with Gasteiger partial charge >= 0.3 is 0 Å². The summed E-state index contributed by atoms with van der Waals surface area (Å²) in [4.78, 5) is 4.18. The molecule has 0 N–H and O–H groups in total. The number of thioether (sulfide) groups is 1. The molecule has 0 aliphatic rings. The molecule has 0 unspecified atom stereocenters. The van der Waals surface area contributed by atoms with Crippen LogP contribution in [0.4, 0.5) is 0 Å². The Balaban J connectivity index is 1.45. The Morgan fingerprint density at radius 1 is 1.10 bits per heavy atom. The zero-order chi connectivity index (χ0) is 19.9. The Bertz CT molecular complexity index is 1090. The van der Waals surface area contributed by atoms with Crippen LogP contribution >= 0.6 is 11.8 Å². The number of benzene rings is 1. The minimum absolute atomic E-state index is 0.506. The van der Waals surface area contributed by atoms with Crippen molar-refractivity contribution in [1.29, 1.82) is 5.26 Å². The number of ether oxygens (including phenoxy) is 1. The highest BCUT2D eigenvalue weighted by atomic mass is 32.2. The Kier molecular flexibility index (Phi) is 5.88. The zero-order valence-corrected chi connectivity index (χ0v) is 16.2. The predicted octanol–water partition coefficient (Wildman–Crippen LogP) is 4.02. The highest BCUT2D eigenvalue weighted by molar-refractivity contribution is 7.99. The first-order valence-electron chi connectivity index (χ1n) is 8.95. The maximum Gasteiger partial charge on any atom is 0.192 e. The van der Waals surface area contributed by atoms with Crippen molar-refractivity contribution in [2.24, 2.45) is 0 Å². The van der Waals surface area contributed by atoms with Crippen molar-refractivity contribution in [2.45, 2.75) is 11.7 Å². The molecule has 0 saturated heterocycles. The second-order valence-electron chi connectivity index (χ2n) is 6.05. The number of nitriles is 1. The van der Waals surface area contributed by atoms with Crippen LogP contribution in [0.15, 0.2) is 76.8 Å². The SMILES string of the molecule is N#Cc1ccc(OCCSc2nnc(-c3cccnc3)n2Cc2ccco2)cc1. The fourth-order valence-electron chi connectivity index (χ4n) is 2.72. The Morgan fingerprint density at radius 3 is 2.72 bits per heavy atom. The lowest BCUT2D eigenvalue weighted by molar-refractivity contribution is 0.344. The molecule has 0 aliphatic carbocycles. The fraction of sp³-hybridized carbons (Fsp3) is 0.143. The van der Waals surface area contributed by atoms with Crippen molar-refractivity contribution in [3.05, 3.63) is 78.5 Å². The average Bonchev–Trinajstić information content (AvgIpc) is 3.43. The van der Waals surface area contributed by atoms with E-state index in [9.17, 15) is 0 Å². The average molecular weight is 403 g/mol. The third-order valence-electron chi connectivity index (χ3n) is 4.10. The van der Waals surface area contributed by atoms with Crippen LogP contribution in [0.2, 0.25) is 0 Å². The Labute approximate surface area is 172 Å². The first-order chi connectivity index (χ1) is 14.3. The largest absolute Gasteiger partial charge is 0.493 e. The van der Waals surface area contributed by atoms with Gasteiger partial charge in [-0.1, -0.05) is 11.8 Å². The molecule has 7 nitrogen and oxygen atoms in total. The van der Waals surface area contributed by atoms with Gasteiger partial charge in [-0.05, 0) is 48.5 Å². The molecule has 0 amide bonds. The molecule has 0 radical (unpaired) electrons. The summed E-state index contributed by atoms with van der Waals surface area (Å²) >= 11 is 1.56. The van der Waals surface area contributed by atoms with Gasteiger partial charge in [0.15, 0.2) is 11.0 Å². The van der Waals surface area contributed by atoms with E-state index in [4.69, 9.17) is 14.4 Å². The molecule has 0 fully saturated rings. The summed E-state index contributed by atoms with van der Waals surface area (Å²) in [6.45, 7) is 1.04. The van der Waals surface area contributed by atoms with E-state index in [0.29, 0.717) is 24.5 Å². The van der Waals surface area contributed by atoms with E-state index in [2.05, 4.69) is 21.3 Å². The molecule has 1 aromatic carbocycles. The smallest absolute Gasteiger partial charge is 0.192 e. The molecular weight excluding hydrogens is 386 g/mol. The van der Waals surface area contributed by atoms with Crippen LogP contribution in [-0.4, -0.2) is 32.1 Å². The summed E-state index contributed by atoms with van der Waals surface area (Å²) in [5.74, 6) is 3.00. The quantitative estimate of drug-likeness (QED) is 0.324. The van der Waals surface area contributed by atoms with Gasteiger partial charge < -0.3 is 9.15 Å². The molecule has 0 aliphatic heterocycles. The first kappa shape index (κ1) is 18.8. The molecule has 4 rings (SSSR count). The minimum atomic E-state index is 0.506. The number of furan rings is 1. The predicted molar refractivity (Wildman–Crippen MR) is 108 cm³/mol. The van der Waals surface area contributed by atoms with Crippen molar-refractivity contribution in [3.8, 4) is 23.2 Å². The molecule has 0 bridgehead atoms. The number of rotatable bonds is 8. The molecular formula is C21H17N5O2S. The van der Waals surface area contributed by atoms with E-state index >= 15 is 0 Å². The second-order valence-corrected chi connectivity index (χ2v) is 7.11. The van der Waals surface area contributed by atoms with Crippen LogP contribution in [0.1, 0.15) is 11.3 Å². The van der Waals surface area contributed by atoms with Crippen LogP contribution in [-0.2, 0) is 6.54 Å². The first-order valence-corrected chi connectivity index (χ1v) is 9.94. The zero-order valence-electron chi connectivity index (χ0n) is 15.4. The number of hydrogen-bond donors (Lipinski definition) is 0. The summed E-state index contributed by atoms with van der Waals surface area (Å²) < 4.78 is 13.3. The van der Waals surface area contributed by atoms with E-state index in [1.807, 2.05) is 28.8 Å². The van der Waals surface area contributed by atoms with Crippen molar-refractivity contribution >= 4 is 11.8 Å². The minimum Gasteiger partial charge on any atom is -0.493 e. The summed E-state index contributed by atoms with van der Waals surface area (Å²) in [6.07, 6.45) is 5.15. The van der Waals surface area contributed by atoms with Gasteiger partial charge in [-0.25, -0.2) is 0 Å². The van der Waals surface area contributed by atoms with Crippen molar-refractivity contribution in [2.75, 3.05) is 12.4 Å². The Morgan fingerprint density at radius 2 is 2.00 bits per heavy atom. The van der Waals surface area contributed by atoms with Crippen LogP contribution < -0.4 is 4.74 Å². The summed E-state index contributed by atoms with van der Waals surface area (Å²) in [5, 5.41) is 18.3. The molecule has 3 aromatic heterocycles. The van der Waals surface area contributed by atoms with Gasteiger partial charge in [0.2, 0.25) is 0 Å². The monoisotopic (exact) mass is 403 g/mol. The standard InChI is InChI=1S/C21H17N5O2S/c22-13-16-5-7-18(8-6-16)28-11-12-29-21-25-24-20(17-3-1-9-23-14-17)26(21)15-19-4-2-10-27-19/h1-10,14H,11-12,15H2. The molecule has 4 aromatic rings. The van der Waals surface area contributed by atoms with Crippen LogP contribution in [0.3, 0.4) is 0 Å². The number of pyridine rings is 1. The van der Waals surface area contributed by atoms with Crippen LogP contribution in [0.5, 0.6) is 5.75 Å². The molecule has 8 heteroatoms. The van der Waals surface area contributed by atoms with E-state index in [1.165, 1.54) is 0 Å².